The molecule has 0 fully saturated rings. The molecule has 0 saturated heterocycles. The summed E-state index contributed by atoms with van der Waals surface area (Å²) in [5.74, 6) is 0.718. The zero-order valence-electron chi connectivity index (χ0n) is 3.19. The van der Waals surface area contributed by atoms with Gasteiger partial charge in [0.15, 0.2) is 0 Å². The first-order valence-electron chi connectivity index (χ1n) is 1.29. The highest BCUT2D eigenvalue weighted by Gasteiger charge is 1.65. The number of hydrogen-bond acceptors (Lipinski definition) is 1. The molecule has 1 atom stereocenters. The van der Waals surface area contributed by atoms with E-state index >= 15 is 0 Å². The Morgan fingerprint density at radius 1 is 1.57 bits per heavy atom. The summed E-state index contributed by atoms with van der Waals surface area (Å²) in [6, 6.07) is 0. The second kappa shape index (κ2) is 9.36. The first-order valence-corrected chi connectivity index (χ1v) is 1.76. The lowest BCUT2D eigenvalue weighted by atomic mass is 10.7. The fourth-order valence-corrected chi connectivity index (χ4v) is 0. The van der Waals surface area contributed by atoms with Crippen LogP contribution >= 0.6 is 9.47 Å². The van der Waals surface area contributed by atoms with Crippen LogP contribution in [0, 0.1) is 0 Å². The Bertz CT molecular complexity index is 43.3. The minimum absolute atomic E-state index is 0. The van der Waals surface area contributed by atoms with Crippen LogP contribution in [0.2, 0.25) is 0 Å². The Labute approximate surface area is 49.1 Å². The van der Waals surface area contributed by atoms with Gasteiger partial charge in [-0.2, -0.15) is 0 Å². The Morgan fingerprint density at radius 2 is 1.71 bits per heavy atom. The topological polar surface area (TPSA) is 9.23 Å². The minimum Gasteiger partial charge on any atom is -0.486 e. The van der Waals surface area contributed by atoms with Crippen molar-refractivity contribution in [1.82, 2.24) is 0 Å². The van der Waals surface area contributed by atoms with Crippen molar-refractivity contribution in [3.05, 3.63) is 12.3 Å². The standard InChI is InChI=1S/C3H7OP.2CH4/c1-3(2)4-5;;/h1,5H2,2H3;2*1H4. The van der Waals surface area contributed by atoms with Gasteiger partial charge in [-0.1, -0.05) is 21.4 Å². The van der Waals surface area contributed by atoms with Gasteiger partial charge in [0.1, 0.15) is 0 Å². The van der Waals surface area contributed by atoms with Gasteiger partial charge in [-0.05, 0) is 6.92 Å². The Kier molecular flexibility index (Phi) is 21.1. The van der Waals surface area contributed by atoms with E-state index in [-0.39, 0.29) is 14.9 Å². The van der Waals surface area contributed by atoms with Gasteiger partial charge < -0.3 is 4.52 Å². The van der Waals surface area contributed by atoms with Crippen molar-refractivity contribution in [2.45, 2.75) is 21.8 Å². The molecule has 0 rings (SSSR count). The highest BCUT2D eigenvalue weighted by Crippen LogP contribution is 1.93. The van der Waals surface area contributed by atoms with Gasteiger partial charge in [-0.15, -0.1) is 0 Å². The first kappa shape index (κ1) is 15.8. The van der Waals surface area contributed by atoms with Crippen LogP contribution in [0.4, 0.5) is 0 Å². The minimum atomic E-state index is 0. The van der Waals surface area contributed by atoms with Gasteiger partial charge in [0.25, 0.3) is 0 Å². The quantitative estimate of drug-likeness (QED) is 0.383. The van der Waals surface area contributed by atoms with Crippen molar-refractivity contribution in [3.63, 3.8) is 0 Å². The lowest BCUT2D eigenvalue weighted by Crippen LogP contribution is -1.60. The van der Waals surface area contributed by atoms with Crippen molar-refractivity contribution in [2.24, 2.45) is 0 Å². The van der Waals surface area contributed by atoms with E-state index in [0.717, 1.165) is 5.76 Å². The summed E-state index contributed by atoms with van der Waals surface area (Å²) in [5.41, 5.74) is 0. The molecular weight excluding hydrogens is 107 g/mol. The van der Waals surface area contributed by atoms with Crippen LogP contribution in [-0.2, 0) is 4.52 Å². The average molecular weight is 122 g/mol. The van der Waals surface area contributed by atoms with E-state index in [0.29, 0.717) is 0 Å². The van der Waals surface area contributed by atoms with Gasteiger partial charge in [-0.3, -0.25) is 0 Å². The normalized spacial score (nSPS) is 4.86. The summed E-state index contributed by atoms with van der Waals surface area (Å²) in [6.07, 6.45) is 0. The van der Waals surface area contributed by atoms with Crippen molar-refractivity contribution < 1.29 is 4.52 Å². The van der Waals surface area contributed by atoms with Gasteiger partial charge in [0.2, 0.25) is 0 Å². The molecule has 0 heterocycles. The van der Waals surface area contributed by atoms with Crippen molar-refractivity contribution in [3.8, 4) is 0 Å². The zero-order valence-corrected chi connectivity index (χ0v) is 4.35. The fraction of sp³-hybridized carbons (Fsp3) is 0.600. The molecule has 0 amide bonds. The monoisotopic (exact) mass is 122 g/mol. The molecule has 0 aromatic rings. The molecule has 0 aliphatic heterocycles. The van der Waals surface area contributed by atoms with Crippen LogP contribution in [0.5, 0.6) is 0 Å². The third-order valence-electron chi connectivity index (χ3n) is 0.201. The molecule has 0 aliphatic rings. The van der Waals surface area contributed by atoms with Crippen LogP contribution in [-0.4, -0.2) is 0 Å². The lowest BCUT2D eigenvalue weighted by molar-refractivity contribution is 0.503. The molecule has 7 heavy (non-hydrogen) atoms. The molecular formula is C5H15OP. The molecule has 0 aliphatic carbocycles. The fourth-order valence-electron chi connectivity index (χ4n) is 0. The van der Waals surface area contributed by atoms with E-state index in [1.165, 1.54) is 0 Å². The van der Waals surface area contributed by atoms with Crippen LogP contribution in [0.1, 0.15) is 21.8 Å². The molecule has 0 saturated carbocycles. The maximum absolute atomic E-state index is 4.47. The number of rotatable bonds is 1. The number of hydrogen-bond donors (Lipinski definition) is 0. The molecule has 0 aromatic heterocycles. The molecule has 1 nitrogen and oxygen atoms in total. The summed E-state index contributed by atoms with van der Waals surface area (Å²) in [6.45, 7) is 5.22. The van der Waals surface area contributed by atoms with E-state index < -0.39 is 0 Å². The summed E-state index contributed by atoms with van der Waals surface area (Å²) in [4.78, 5) is 0. The lowest BCUT2D eigenvalue weighted by Gasteiger charge is -1.87. The van der Waals surface area contributed by atoms with E-state index in [1.54, 1.807) is 6.92 Å². The number of allylic oxidation sites excluding steroid dienone is 1. The smallest absolute Gasteiger partial charge is 0.0889 e. The largest absolute Gasteiger partial charge is 0.486 e. The molecule has 0 spiro atoms. The van der Waals surface area contributed by atoms with Crippen molar-refractivity contribution in [2.75, 3.05) is 0 Å². The summed E-state index contributed by atoms with van der Waals surface area (Å²) >= 11 is 0. The Hall–Kier alpha value is -0.0300. The maximum atomic E-state index is 4.47. The van der Waals surface area contributed by atoms with E-state index in [4.69, 9.17) is 0 Å². The first-order chi connectivity index (χ1) is 2.27. The highest BCUT2D eigenvalue weighted by molar-refractivity contribution is 7.10. The van der Waals surface area contributed by atoms with Crippen LogP contribution < -0.4 is 0 Å². The van der Waals surface area contributed by atoms with Crippen molar-refractivity contribution in [1.29, 1.82) is 0 Å². The molecule has 0 N–H and O–H groups in total. The summed E-state index contributed by atoms with van der Waals surface area (Å²) < 4.78 is 4.47. The van der Waals surface area contributed by atoms with Gasteiger partial charge in [0.05, 0.1) is 15.2 Å². The summed E-state index contributed by atoms with van der Waals surface area (Å²) in [7, 11) is 2.09. The third kappa shape index (κ3) is 24.2. The molecule has 1 unspecified atom stereocenters. The van der Waals surface area contributed by atoms with E-state index in [2.05, 4.69) is 20.6 Å². The highest BCUT2D eigenvalue weighted by atomic mass is 31.0. The van der Waals surface area contributed by atoms with Gasteiger partial charge >= 0.3 is 0 Å². The van der Waals surface area contributed by atoms with Crippen LogP contribution in [0.3, 0.4) is 0 Å². The molecule has 2 heteroatoms. The SMILES string of the molecule is C.C.C=C(C)OP. The zero-order chi connectivity index (χ0) is 4.28. The van der Waals surface area contributed by atoms with E-state index in [9.17, 15) is 0 Å². The van der Waals surface area contributed by atoms with E-state index in [1.807, 2.05) is 0 Å². The third-order valence-corrected chi connectivity index (χ3v) is 0.604. The molecule has 0 radical (unpaired) electrons. The van der Waals surface area contributed by atoms with Gasteiger partial charge in [-0.25, -0.2) is 0 Å². The summed E-state index contributed by atoms with van der Waals surface area (Å²) in [5, 5.41) is 0. The predicted octanol–water partition coefficient (Wildman–Crippen LogP) is 2.60. The average Bonchev–Trinajstić information content (AvgIpc) is 1.38. The Balaban J connectivity index is -0.0000000800. The Morgan fingerprint density at radius 3 is 1.71 bits per heavy atom. The maximum Gasteiger partial charge on any atom is 0.0889 e. The van der Waals surface area contributed by atoms with Gasteiger partial charge in [0, 0.05) is 0 Å². The molecule has 0 bridgehead atoms. The predicted molar refractivity (Wildman–Crippen MR) is 39.1 cm³/mol. The second-order valence-corrected chi connectivity index (χ2v) is 1.06. The van der Waals surface area contributed by atoms with Crippen LogP contribution in [0.25, 0.3) is 0 Å². The molecule has 46 valence electrons. The van der Waals surface area contributed by atoms with Crippen molar-refractivity contribution >= 4 is 9.47 Å². The second-order valence-electron chi connectivity index (χ2n) is 0.820. The molecule has 0 aromatic carbocycles. The van der Waals surface area contributed by atoms with Crippen LogP contribution in [0.15, 0.2) is 12.3 Å².